The number of nitrogens with zero attached hydrogens (tertiary/aromatic N) is 3. The average molecular weight is 317 g/mol. The number of fused-ring (bicyclic) bond motifs is 5. The third-order valence-electron chi connectivity index (χ3n) is 4.21. The molecule has 0 saturated heterocycles. The van der Waals surface area contributed by atoms with Gasteiger partial charge in [0.1, 0.15) is 5.82 Å². The molecule has 0 fully saturated rings. The van der Waals surface area contributed by atoms with E-state index in [1.807, 2.05) is 24.3 Å². The van der Waals surface area contributed by atoms with Gasteiger partial charge in [-0.15, -0.1) is 0 Å². The lowest BCUT2D eigenvalue weighted by atomic mass is 10.1. The van der Waals surface area contributed by atoms with E-state index in [1.165, 1.54) is 16.7 Å². The molecule has 5 rings (SSSR count). The second kappa shape index (κ2) is 4.32. The summed E-state index contributed by atoms with van der Waals surface area (Å²) in [5, 5.41) is 1.13. The average Bonchev–Trinajstić information content (AvgIpc) is 2.86. The Morgan fingerprint density at radius 1 is 0.958 bits per heavy atom. The van der Waals surface area contributed by atoms with Crippen molar-refractivity contribution in [2.45, 2.75) is 0 Å². The molecular formula is C18H8FN3O2. The lowest BCUT2D eigenvalue weighted by Gasteiger charge is -2.06. The van der Waals surface area contributed by atoms with Gasteiger partial charge in [-0.05, 0) is 30.3 Å². The summed E-state index contributed by atoms with van der Waals surface area (Å²) >= 11 is 0. The molecule has 0 saturated carbocycles. The Bertz CT molecular complexity index is 1260. The first-order valence-electron chi connectivity index (χ1n) is 7.31. The molecule has 3 heterocycles. The van der Waals surface area contributed by atoms with Gasteiger partial charge in [-0.25, -0.2) is 14.4 Å². The number of hydrogen-bond donors (Lipinski definition) is 0. The molecule has 0 atom stereocenters. The zero-order valence-electron chi connectivity index (χ0n) is 12.2. The van der Waals surface area contributed by atoms with Crippen LogP contribution in [0.1, 0.15) is 16.2 Å². The molecule has 5 nitrogen and oxygen atoms in total. The Labute approximate surface area is 134 Å². The quantitative estimate of drug-likeness (QED) is 0.412. The minimum Gasteiger partial charge on any atom is -0.285 e. The molecule has 2 aromatic heterocycles. The Kier molecular flexibility index (Phi) is 2.35. The fourth-order valence-electron chi connectivity index (χ4n) is 3.10. The first-order chi connectivity index (χ1) is 11.6. The number of rotatable bonds is 0. The monoisotopic (exact) mass is 317 g/mol. The first kappa shape index (κ1) is 13.1. The van der Waals surface area contributed by atoms with Crippen LogP contribution in [0.25, 0.3) is 27.6 Å². The van der Waals surface area contributed by atoms with Gasteiger partial charge in [-0.2, -0.15) is 0 Å². The zero-order chi connectivity index (χ0) is 16.4. The highest BCUT2D eigenvalue weighted by molar-refractivity contribution is 6.13. The van der Waals surface area contributed by atoms with Crippen LogP contribution in [0.4, 0.5) is 4.39 Å². The maximum absolute atomic E-state index is 13.5. The highest BCUT2D eigenvalue weighted by Gasteiger charge is 2.31. The van der Waals surface area contributed by atoms with E-state index in [0.29, 0.717) is 16.6 Å². The minimum atomic E-state index is -0.531. The van der Waals surface area contributed by atoms with Crippen molar-refractivity contribution in [1.82, 2.24) is 14.5 Å². The Balaban J connectivity index is 1.95. The van der Waals surface area contributed by atoms with Gasteiger partial charge in [-0.3, -0.25) is 14.2 Å². The third-order valence-corrected chi connectivity index (χ3v) is 4.21. The van der Waals surface area contributed by atoms with Crippen LogP contribution in [0.15, 0.2) is 53.3 Å². The summed E-state index contributed by atoms with van der Waals surface area (Å²) in [5.41, 5.74) is 1.01. The van der Waals surface area contributed by atoms with Crippen molar-refractivity contribution in [2.24, 2.45) is 0 Å². The smallest absolute Gasteiger partial charge is 0.268 e. The second-order valence-corrected chi connectivity index (χ2v) is 5.62. The van der Waals surface area contributed by atoms with Gasteiger partial charge in [0.05, 0.1) is 22.2 Å². The molecule has 1 aliphatic heterocycles. The molecule has 0 bridgehead atoms. The van der Waals surface area contributed by atoms with Crippen molar-refractivity contribution in [2.75, 3.05) is 0 Å². The number of aromatic nitrogens is 3. The number of carbonyl (C=O) groups excluding carboxylic acids is 1. The molecule has 0 spiro atoms. The first-order valence-corrected chi connectivity index (χ1v) is 7.31. The van der Waals surface area contributed by atoms with Crippen molar-refractivity contribution in [1.29, 1.82) is 0 Å². The molecule has 6 heteroatoms. The van der Waals surface area contributed by atoms with E-state index in [4.69, 9.17) is 0 Å². The summed E-state index contributed by atoms with van der Waals surface area (Å²) in [6.07, 6.45) is 0. The molecule has 2 aromatic carbocycles. The molecular weight excluding hydrogens is 309 g/mol. The van der Waals surface area contributed by atoms with Crippen molar-refractivity contribution in [3.8, 4) is 5.69 Å². The lowest BCUT2D eigenvalue weighted by Crippen LogP contribution is -2.22. The van der Waals surface area contributed by atoms with Crippen LogP contribution in [0.3, 0.4) is 0 Å². The van der Waals surface area contributed by atoms with Gasteiger partial charge in [0.25, 0.3) is 5.56 Å². The fraction of sp³-hybridized carbons (Fsp3) is 0. The van der Waals surface area contributed by atoms with E-state index >= 15 is 0 Å². The number of hydrogen-bond acceptors (Lipinski definition) is 4. The summed E-state index contributed by atoms with van der Waals surface area (Å²) < 4.78 is 14.7. The van der Waals surface area contributed by atoms with Crippen LogP contribution >= 0.6 is 0 Å². The van der Waals surface area contributed by atoms with E-state index in [2.05, 4.69) is 9.97 Å². The standard InChI is InChI=1S/C18H8FN3O2/c19-10-5-6-14-11(8-10)15(23)17-21-16-12(18(24)22(14)17)7-9-3-1-2-4-13(9)20-16/h1-8H. The number of pyridine rings is 1. The summed E-state index contributed by atoms with van der Waals surface area (Å²) in [5.74, 6) is -1.04. The topological polar surface area (TPSA) is 64.8 Å². The molecule has 1 aliphatic rings. The summed E-state index contributed by atoms with van der Waals surface area (Å²) in [4.78, 5) is 34.0. The van der Waals surface area contributed by atoms with Crippen LogP contribution in [-0.2, 0) is 0 Å². The molecule has 0 radical (unpaired) electrons. The normalized spacial score (nSPS) is 12.6. The van der Waals surface area contributed by atoms with Gasteiger partial charge >= 0.3 is 0 Å². The van der Waals surface area contributed by atoms with Crippen molar-refractivity contribution < 1.29 is 9.18 Å². The lowest BCUT2D eigenvalue weighted by molar-refractivity contribution is 0.103. The van der Waals surface area contributed by atoms with E-state index in [0.717, 1.165) is 11.5 Å². The van der Waals surface area contributed by atoms with E-state index in [-0.39, 0.29) is 22.6 Å². The summed E-state index contributed by atoms with van der Waals surface area (Å²) in [6.45, 7) is 0. The van der Waals surface area contributed by atoms with E-state index in [9.17, 15) is 14.0 Å². The summed E-state index contributed by atoms with van der Waals surface area (Å²) in [7, 11) is 0. The minimum absolute atomic E-state index is 0.0316. The number of halogens is 1. The third kappa shape index (κ3) is 1.57. The predicted molar refractivity (Wildman–Crippen MR) is 86.0 cm³/mol. The van der Waals surface area contributed by atoms with Gasteiger partial charge < -0.3 is 0 Å². The molecule has 0 amide bonds. The molecule has 114 valence electrons. The van der Waals surface area contributed by atoms with Crippen LogP contribution < -0.4 is 5.56 Å². The van der Waals surface area contributed by atoms with E-state index < -0.39 is 11.6 Å². The second-order valence-electron chi connectivity index (χ2n) is 5.62. The maximum Gasteiger partial charge on any atom is 0.268 e. The van der Waals surface area contributed by atoms with Crippen molar-refractivity contribution in [3.05, 3.63) is 76.1 Å². The number of ketones is 1. The highest BCUT2D eigenvalue weighted by Crippen LogP contribution is 2.27. The number of carbonyl (C=O) groups is 1. The summed E-state index contributed by atoms with van der Waals surface area (Å²) in [6, 6.07) is 12.8. The van der Waals surface area contributed by atoms with E-state index in [1.54, 1.807) is 6.07 Å². The van der Waals surface area contributed by atoms with Crippen molar-refractivity contribution >= 4 is 27.7 Å². The SMILES string of the molecule is O=C1c2cc(F)ccc2-n2c1nc1nc3ccccc3cc1c2=O. The Morgan fingerprint density at radius 2 is 1.79 bits per heavy atom. The zero-order valence-corrected chi connectivity index (χ0v) is 12.2. The maximum atomic E-state index is 13.5. The van der Waals surface area contributed by atoms with Crippen LogP contribution in [0.5, 0.6) is 0 Å². The van der Waals surface area contributed by atoms with Crippen molar-refractivity contribution in [3.63, 3.8) is 0 Å². The highest BCUT2D eigenvalue weighted by atomic mass is 19.1. The molecule has 4 aromatic rings. The molecule has 0 aliphatic carbocycles. The van der Waals surface area contributed by atoms with Crippen LogP contribution in [-0.4, -0.2) is 20.3 Å². The molecule has 0 unspecified atom stereocenters. The molecule has 0 N–H and O–H groups in total. The molecule has 24 heavy (non-hydrogen) atoms. The van der Waals surface area contributed by atoms with Gasteiger partial charge in [0, 0.05) is 5.39 Å². The number of benzene rings is 2. The largest absolute Gasteiger partial charge is 0.285 e. The van der Waals surface area contributed by atoms with Crippen LogP contribution in [0, 0.1) is 5.82 Å². The fourth-order valence-corrected chi connectivity index (χ4v) is 3.10. The predicted octanol–water partition coefficient (Wildman–Crippen LogP) is 2.62. The Morgan fingerprint density at radius 3 is 2.67 bits per heavy atom. The van der Waals surface area contributed by atoms with Gasteiger partial charge in [0.15, 0.2) is 11.5 Å². The van der Waals surface area contributed by atoms with Crippen LogP contribution in [0.2, 0.25) is 0 Å². The van der Waals surface area contributed by atoms with Gasteiger partial charge in [0.2, 0.25) is 5.78 Å². The number of para-hydroxylation sites is 1. The Hall–Kier alpha value is -3.41. The van der Waals surface area contributed by atoms with Gasteiger partial charge in [-0.1, -0.05) is 18.2 Å².